The largest absolute Gasteiger partial charge is 0.278 e. The topological polar surface area (TPSA) is 90.1 Å². The van der Waals surface area contributed by atoms with E-state index in [4.69, 9.17) is 0 Å². The average Bonchev–Trinajstić information content (AvgIpc) is 3.53. The van der Waals surface area contributed by atoms with E-state index < -0.39 is 0 Å². The number of pyridine rings is 2. The Morgan fingerprint density at radius 3 is 2.77 bits per heavy atom. The van der Waals surface area contributed by atoms with Crippen LogP contribution in [0.5, 0.6) is 0 Å². The summed E-state index contributed by atoms with van der Waals surface area (Å²) in [6.07, 6.45) is 8.28. The monoisotopic (exact) mass is 410 g/mol. The first kappa shape index (κ1) is 17.5. The van der Waals surface area contributed by atoms with Crippen molar-refractivity contribution in [3.05, 3.63) is 85.0 Å². The molecule has 0 aliphatic carbocycles. The molecule has 0 unspecified atom stereocenters. The van der Waals surface area contributed by atoms with Crippen LogP contribution < -0.4 is 0 Å². The van der Waals surface area contributed by atoms with Gasteiger partial charge in [0.2, 0.25) is 0 Å². The fourth-order valence-corrected chi connectivity index (χ4v) is 3.67. The van der Waals surface area contributed by atoms with Crippen molar-refractivity contribution < 1.29 is 4.39 Å². The molecule has 6 rings (SSSR count). The lowest BCUT2D eigenvalue weighted by molar-refractivity contribution is 0.613. The molecular weight excluding hydrogens is 395 g/mol. The van der Waals surface area contributed by atoms with E-state index in [0.29, 0.717) is 6.54 Å². The molecule has 0 bridgehead atoms. The lowest BCUT2D eigenvalue weighted by Crippen LogP contribution is -2.05. The van der Waals surface area contributed by atoms with Crippen molar-refractivity contribution in [2.24, 2.45) is 0 Å². The fraction of sp³-hybridized carbons (Fsp3) is 0.0455. The molecule has 0 amide bonds. The summed E-state index contributed by atoms with van der Waals surface area (Å²) in [6, 6.07) is 13.0. The molecule has 5 heterocycles. The molecule has 6 aromatic rings. The van der Waals surface area contributed by atoms with Crippen molar-refractivity contribution in [3.63, 3.8) is 0 Å². The molecule has 0 spiro atoms. The highest BCUT2D eigenvalue weighted by atomic mass is 19.1. The molecule has 0 aliphatic heterocycles. The van der Waals surface area contributed by atoms with Gasteiger partial charge in [0.25, 0.3) is 0 Å². The van der Waals surface area contributed by atoms with E-state index >= 15 is 0 Å². The third-order valence-electron chi connectivity index (χ3n) is 5.20. The highest BCUT2D eigenvalue weighted by Crippen LogP contribution is 2.25. The summed E-state index contributed by atoms with van der Waals surface area (Å²) >= 11 is 0. The fourth-order valence-electron chi connectivity index (χ4n) is 3.67. The van der Waals surface area contributed by atoms with Gasteiger partial charge in [-0.25, -0.2) is 9.07 Å². The number of aromatic amines is 1. The third kappa shape index (κ3) is 3.03. The quantitative estimate of drug-likeness (QED) is 0.478. The van der Waals surface area contributed by atoms with Gasteiger partial charge in [-0.1, -0.05) is 0 Å². The van der Waals surface area contributed by atoms with Crippen molar-refractivity contribution in [3.8, 4) is 16.9 Å². The van der Waals surface area contributed by atoms with Gasteiger partial charge in [-0.3, -0.25) is 19.7 Å². The maximum atomic E-state index is 13.2. The van der Waals surface area contributed by atoms with Crippen molar-refractivity contribution in [2.45, 2.75) is 6.54 Å². The standard InChI is InChI=1S/C22H15FN8/c23-16-2-3-17(24-11-16)13-30-21(5-6-27-30)15-7-22-20(25-9-15)12-28-31(22)18-4-1-14-10-26-29-19(14)8-18/h1-12H,13H2,(H,26,29). The van der Waals surface area contributed by atoms with Crippen LogP contribution in [-0.2, 0) is 6.54 Å². The molecule has 31 heavy (non-hydrogen) atoms. The van der Waals surface area contributed by atoms with Crippen LogP contribution in [0.1, 0.15) is 5.69 Å². The smallest absolute Gasteiger partial charge is 0.141 e. The minimum absolute atomic E-state index is 0.360. The number of aromatic nitrogens is 8. The van der Waals surface area contributed by atoms with Gasteiger partial charge >= 0.3 is 0 Å². The Kier molecular flexibility index (Phi) is 3.85. The van der Waals surface area contributed by atoms with E-state index in [1.807, 2.05) is 39.7 Å². The van der Waals surface area contributed by atoms with E-state index in [0.717, 1.165) is 44.6 Å². The zero-order valence-electron chi connectivity index (χ0n) is 16.1. The zero-order valence-corrected chi connectivity index (χ0v) is 16.1. The van der Waals surface area contributed by atoms with Crippen LogP contribution in [0.4, 0.5) is 4.39 Å². The molecule has 150 valence electrons. The van der Waals surface area contributed by atoms with Crippen molar-refractivity contribution in [1.29, 1.82) is 0 Å². The van der Waals surface area contributed by atoms with E-state index in [2.05, 4.69) is 30.4 Å². The Morgan fingerprint density at radius 1 is 0.903 bits per heavy atom. The second-order valence-electron chi connectivity index (χ2n) is 7.17. The number of benzene rings is 1. The molecule has 0 saturated heterocycles. The first-order valence-corrected chi connectivity index (χ1v) is 9.64. The third-order valence-corrected chi connectivity index (χ3v) is 5.20. The predicted molar refractivity (Wildman–Crippen MR) is 113 cm³/mol. The number of fused-ring (bicyclic) bond motifs is 2. The summed E-state index contributed by atoms with van der Waals surface area (Å²) in [6.45, 7) is 0.427. The normalized spacial score (nSPS) is 11.5. The maximum absolute atomic E-state index is 13.2. The number of hydrogen-bond donors (Lipinski definition) is 1. The molecule has 0 aliphatic rings. The minimum Gasteiger partial charge on any atom is -0.278 e. The molecule has 0 atom stereocenters. The number of H-pyrrole nitrogens is 1. The Balaban J connectivity index is 1.41. The molecule has 1 aromatic carbocycles. The summed E-state index contributed by atoms with van der Waals surface area (Å²) in [5.74, 6) is -0.360. The molecule has 5 aromatic heterocycles. The summed E-state index contributed by atoms with van der Waals surface area (Å²) in [7, 11) is 0. The number of nitrogens with zero attached hydrogens (tertiary/aromatic N) is 7. The van der Waals surface area contributed by atoms with Gasteiger partial charge in [-0.05, 0) is 42.5 Å². The average molecular weight is 410 g/mol. The lowest BCUT2D eigenvalue weighted by atomic mass is 10.2. The van der Waals surface area contributed by atoms with Crippen molar-refractivity contribution >= 4 is 21.9 Å². The molecule has 0 radical (unpaired) electrons. The Hall–Kier alpha value is -4.40. The van der Waals surface area contributed by atoms with Crippen LogP contribution in [0.15, 0.2) is 73.4 Å². The van der Waals surface area contributed by atoms with Gasteiger partial charge in [-0.15, -0.1) is 0 Å². The van der Waals surface area contributed by atoms with Crippen LogP contribution >= 0.6 is 0 Å². The molecule has 9 heteroatoms. The van der Waals surface area contributed by atoms with Crippen LogP contribution in [0.25, 0.3) is 38.9 Å². The summed E-state index contributed by atoms with van der Waals surface area (Å²) < 4.78 is 16.8. The van der Waals surface area contributed by atoms with Gasteiger partial charge in [0.1, 0.15) is 11.3 Å². The second-order valence-corrected chi connectivity index (χ2v) is 7.17. The molecule has 0 saturated carbocycles. The number of hydrogen-bond acceptors (Lipinski definition) is 5. The Bertz CT molecular complexity index is 1530. The summed E-state index contributed by atoms with van der Waals surface area (Å²) in [4.78, 5) is 8.72. The Morgan fingerprint density at radius 2 is 1.87 bits per heavy atom. The maximum Gasteiger partial charge on any atom is 0.141 e. The molecular formula is C22H15FN8. The second kappa shape index (κ2) is 6.84. The zero-order chi connectivity index (χ0) is 20.8. The van der Waals surface area contributed by atoms with E-state index in [1.165, 1.54) is 12.3 Å². The first-order chi connectivity index (χ1) is 15.2. The Labute approximate surface area is 175 Å². The molecule has 1 N–H and O–H groups in total. The van der Waals surface area contributed by atoms with Crippen molar-refractivity contribution in [2.75, 3.05) is 0 Å². The highest BCUT2D eigenvalue weighted by Gasteiger charge is 2.12. The van der Waals surface area contributed by atoms with Gasteiger partial charge in [0.15, 0.2) is 0 Å². The van der Waals surface area contributed by atoms with Crippen molar-refractivity contribution in [1.82, 2.24) is 39.7 Å². The number of rotatable bonds is 4. The molecule has 0 fully saturated rings. The van der Waals surface area contributed by atoms with Crippen LogP contribution in [-0.4, -0.2) is 39.7 Å². The van der Waals surface area contributed by atoms with Gasteiger partial charge < -0.3 is 0 Å². The lowest BCUT2D eigenvalue weighted by Gasteiger charge is -2.08. The first-order valence-electron chi connectivity index (χ1n) is 9.64. The number of halogens is 1. The summed E-state index contributed by atoms with van der Waals surface area (Å²) in [5, 5.41) is 17.0. The predicted octanol–water partition coefficient (Wildman–Crippen LogP) is 3.74. The van der Waals surface area contributed by atoms with E-state index in [-0.39, 0.29) is 5.82 Å². The van der Waals surface area contributed by atoms with Gasteiger partial charge in [0, 0.05) is 23.3 Å². The SMILES string of the molecule is Fc1ccc(Cn2nccc2-c2cnc3cnn(-c4ccc5cn[nH]c5c4)c3c2)nc1. The molecule has 8 nitrogen and oxygen atoms in total. The minimum atomic E-state index is -0.360. The van der Waals surface area contributed by atoms with Crippen LogP contribution in [0, 0.1) is 5.82 Å². The van der Waals surface area contributed by atoms with Gasteiger partial charge in [0.05, 0.1) is 53.2 Å². The van der Waals surface area contributed by atoms with Crippen LogP contribution in [0.2, 0.25) is 0 Å². The van der Waals surface area contributed by atoms with Gasteiger partial charge in [-0.2, -0.15) is 15.3 Å². The highest BCUT2D eigenvalue weighted by molar-refractivity contribution is 5.84. The van der Waals surface area contributed by atoms with E-state index in [1.54, 1.807) is 30.9 Å². The van der Waals surface area contributed by atoms with E-state index in [9.17, 15) is 4.39 Å². The van der Waals surface area contributed by atoms with Crippen LogP contribution in [0.3, 0.4) is 0 Å². The number of nitrogens with one attached hydrogen (secondary N) is 1. The summed E-state index contributed by atoms with van der Waals surface area (Å²) in [5.41, 5.74) is 6.03.